The van der Waals surface area contributed by atoms with Crippen LogP contribution in [0.5, 0.6) is 0 Å². The van der Waals surface area contributed by atoms with Gasteiger partial charge in [-0.05, 0) is 19.8 Å². The summed E-state index contributed by atoms with van der Waals surface area (Å²) in [6.07, 6.45) is 5.49. The predicted molar refractivity (Wildman–Crippen MR) is 54.4 cm³/mol. The van der Waals surface area contributed by atoms with Gasteiger partial charge in [-0.2, -0.15) is 0 Å². The van der Waals surface area contributed by atoms with Crippen molar-refractivity contribution in [3.63, 3.8) is 0 Å². The number of carbonyl (C=O) groups is 1. The Labute approximate surface area is 87.3 Å². The molecular weight excluding hydrogens is 198 g/mol. The molecule has 0 spiro atoms. The Bertz CT molecular complexity index is 335. The fourth-order valence-corrected chi connectivity index (χ4v) is 2.66. The van der Waals surface area contributed by atoms with Crippen molar-refractivity contribution in [2.75, 3.05) is 0 Å². The van der Waals surface area contributed by atoms with Crippen molar-refractivity contribution in [2.45, 2.75) is 43.1 Å². The number of rotatable bonds is 2. The molecule has 0 amide bonds. The van der Waals surface area contributed by atoms with E-state index >= 15 is 0 Å². The molecule has 0 bridgehead atoms. The first-order chi connectivity index (χ1) is 6.75. The molecule has 14 heavy (non-hydrogen) atoms. The minimum Gasteiger partial charge on any atom is -0.440 e. The zero-order valence-electron chi connectivity index (χ0n) is 8.16. The number of nitrogens with zero attached hydrogens (tertiary/aromatic N) is 1. The van der Waals surface area contributed by atoms with Crippen LogP contribution in [0, 0.1) is 6.92 Å². The zero-order valence-corrected chi connectivity index (χ0v) is 8.97. The number of aryl methyl sites for hydroxylation is 1. The number of ketones is 1. The van der Waals surface area contributed by atoms with Gasteiger partial charge >= 0.3 is 0 Å². The molecule has 1 aromatic heterocycles. The van der Waals surface area contributed by atoms with Crippen molar-refractivity contribution >= 4 is 17.5 Å². The first kappa shape index (κ1) is 9.77. The highest BCUT2D eigenvalue weighted by atomic mass is 32.2. The number of Topliss-reactive ketones (excluding diaryl/α,β-unsaturated/α-hetero) is 1. The van der Waals surface area contributed by atoms with Crippen LogP contribution < -0.4 is 0 Å². The lowest BCUT2D eigenvalue weighted by Gasteiger charge is -2.17. The molecule has 1 fully saturated rings. The second-order valence-corrected chi connectivity index (χ2v) is 4.73. The van der Waals surface area contributed by atoms with Crippen LogP contribution in [0.25, 0.3) is 0 Å². The number of aromatic nitrogens is 1. The highest BCUT2D eigenvalue weighted by molar-refractivity contribution is 8.00. The van der Waals surface area contributed by atoms with E-state index in [0.717, 1.165) is 31.4 Å². The van der Waals surface area contributed by atoms with E-state index < -0.39 is 0 Å². The minimum atomic E-state index is 0.0711. The number of carbonyl (C=O) groups excluding carboxylic acids is 1. The molecule has 0 saturated heterocycles. The number of oxazole rings is 1. The van der Waals surface area contributed by atoms with Crippen LogP contribution in [0.15, 0.2) is 15.9 Å². The lowest BCUT2D eigenvalue weighted by molar-refractivity contribution is -0.119. The zero-order chi connectivity index (χ0) is 9.97. The van der Waals surface area contributed by atoms with E-state index in [1.54, 1.807) is 6.26 Å². The van der Waals surface area contributed by atoms with Crippen LogP contribution in [-0.4, -0.2) is 16.0 Å². The number of thioether (sulfide) groups is 1. The molecule has 1 saturated carbocycles. The number of hydrogen-bond donors (Lipinski definition) is 0. The summed E-state index contributed by atoms with van der Waals surface area (Å²) in [5.74, 6) is 0.345. The summed E-state index contributed by atoms with van der Waals surface area (Å²) in [6, 6.07) is 0. The van der Waals surface area contributed by atoms with Crippen molar-refractivity contribution in [3.05, 3.63) is 12.0 Å². The van der Waals surface area contributed by atoms with Gasteiger partial charge in [0.2, 0.25) is 0 Å². The lowest BCUT2D eigenvalue weighted by Crippen LogP contribution is -2.21. The first-order valence-corrected chi connectivity index (χ1v) is 5.75. The van der Waals surface area contributed by atoms with Crippen LogP contribution in [0.1, 0.15) is 31.4 Å². The Kier molecular flexibility index (Phi) is 2.91. The minimum absolute atomic E-state index is 0.0711. The van der Waals surface area contributed by atoms with Gasteiger partial charge < -0.3 is 4.42 Å². The average Bonchev–Trinajstić information content (AvgIpc) is 2.56. The molecule has 0 aromatic carbocycles. The molecule has 2 rings (SSSR count). The molecule has 0 radical (unpaired) electrons. The third kappa shape index (κ3) is 2.18. The van der Waals surface area contributed by atoms with Crippen molar-refractivity contribution in [1.82, 2.24) is 4.98 Å². The topological polar surface area (TPSA) is 43.1 Å². The Morgan fingerprint density at radius 2 is 2.43 bits per heavy atom. The van der Waals surface area contributed by atoms with E-state index in [9.17, 15) is 4.79 Å². The average molecular weight is 211 g/mol. The Balaban J connectivity index is 1.99. The Morgan fingerprint density at radius 1 is 1.57 bits per heavy atom. The van der Waals surface area contributed by atoms with Crippen LogP contribution >= 0.6 is 11.8 Å². The van der Waals surface area contributed by atoms with Gasteiger partial charge in [-0.25, -0.2) is 4.98 Å². The van der Waals surface area contributed by atoms with Gasteiger partial charge in [-0.1, -0.05) is 18.2 Å². The maximum absolute atomic E-state index is 11.5. The third-order valence-corrected chi connectivity index (χ3v) is 3.51. The molecule has 1 heterocycles. The molecule has 4 heteroatoms. The molecule has 3 nitrogen and oxygen atoms in total. The standard InChI is InChI=1S/C10H13NO2S/c1-7-6-13-10(11-7)14-9-5-3-2-4-8(9)12/h6,9H,2-5H2,1H3. The largest absolute Gasteiger partial charge is 0.440 e. The quantitative estimate of drug-likeness (QED) is 0.754. The fraction of sp³-hybridized carbons (Fsp3) is 0.600. The van der Waals surface area contributed by atoms with Crippen molar-refractivity contribution in [1.29, 1.82) is 0 Å². The van der Waals surface area contributed by atoms with Crippen molar-refractivity contribution in [3.8, 4) is 0 Å². The normalized spacial score (nSPS) is 22.6. The summed E-state index contributed by atoms with van der Waals surface area (Å²) >= 11 is 1.47. The lowest BCUT2D eigenvalue weighted by atomic mass is 9.99. The van der Waals surface area contributed by atoms with Gasteiger partial charge in [0, 0.05) is 6.42 Å². The van der Waals surface area contributed by atoms with E-state index in [-0.39, 0.29) is 5.25 Å². The van der Waals surface area contributed by atoms with Gasteiger partial charge in [0.25, 0.3) is 5.22 Å². The van der Waals surface area contributed by atoms with Crippen LogP contribution in [0.3, 0.4) is 0 Å². The molecule has 1 unspecified atom stereocenters. The van der Waals surface area contributed by atoms with E-state index in [0.29, 0.717) is 11.0 Å². The van der Waals surface area contributed by atoms with Crippen molar-refractivity contribution < 1.29 is 9.21 Å². The maximum atomic E-state index is 11.5. The molecule has 0 N–H and O–H groups in total. The highest BCUT2D eigenvalue weighted by Gasteiger charge is 2.24. The monoisotopic (exact) mass is 211 g/mol. The predicted octanol–water partition coefficient (Wildman–Crippen LogP) is 2.59. The second-order valence-electron chi connectivity index (χ2n) is 3.57. The van der Waals surface area contributed by atoms with Gasteiger partial charge in [0.15, 0.2) is 0 Å². The summed E-state index contributed by atoms with van der Waals surface area (Å²) in [6.45, 7) is 1.89. The molecule has 1 aromatic rings. The maximum Gasteiger partial charge on any atom is 0.256 e. The van der Waals surface area contributed by atoms with Crippen LogP contribution in [-0.2, 0) is 4.79 Å². The smallest absolute Gasteiger partial charge is 0.256 e. The summed E-state index contributed by atoms with van der Waals surface area (Å²) < 4.78 is 5.21. The van der Waals surface area contributed by atoms with Crippen molar-refractivity contribution in [2.24, 2.45) is 0 Å². The van der Waals surface area contributed by atoms with Crippen LogP contribution in [0.2, 0.25) is 0 Å². The molecule has 1 atom stereocenters. The van der Waals surface area contributed by atoms with Gasteiger partial charge in [-0.3, -0.25) is 4.79 Å². The fourth-order valence-electron chi connectivity index (χ4n) is 1.58. The van der Waals surface area contributed by atoms with Gasteiger partial charge in [0.1, 0.15) is 12.0 Å². The first-order valence-electron chi connectivity index (χ1n) is 4.87. The summed E-state index contributed by atoms with van der Waals surface area (Å²) in [7, 11) is 0. The Morgan fingerprint density at radius 3 is 3.07 bits per heavy atom. The van der Waals surface area contributed by atoms with E-state index in [2.05, 4.69) is 4.98 Å². The van der Waals surface area contributed by atoms with E-state index in [4.69, 9.17) is 4.42 Å². The summed E-state index contributed by atoms with van der Waals surface area (Å²) in [5.41, 5.74) is 0.871. The number of hydrogen-bond acceptors (Lipinski definition) is 4. The molecule has 0 aliphatic heterocycles. The molecular formula is C10H13NO2S. The van der Waals surface area contributed by atoms with Gasteiger partial charge in [-0.15, -0.1) is 0 Å². The Hall–Kier alpha value is -0.770. The second kappa shape index (κ2) is 4.17. The SMILES string of the molecule is Cc1coc(SC2CCCCC2=O)n1. The molecule has 1 aliphatic carbocycles. The van der Waals surface area contributed by atoms with Crippen LogP contribution in [0.4, 0.5) is 0 Å². The highest BCUT2D eigenvalue weighted by Crippen LogP contribution is 2.30. The molecule has 76 valence electrons. The molecule has 1 aliphatic rings. The van der Waals surface area contributed by atoms with Gasteiger partial charge in [0.05, 0.1) is 10.9 Å². The van der Waals surface area contributed by atoms with E-state index in [1.165, 1.54) is 11.8 Å². The summed E-state index contributed by atoms with van der Waals surface area (Å²) in [4.78, 5) is 15.7. The van der Waals surface area contributed by atoms with E-state index in [1.807, 2.05) is 6.92 Å². The third-order valence-electron chi connectivity index (χ3n) is 2.34. The summed E-state index contributed by atoms with van der Waals surface area (Å²) in [5, 5.41) is 0.699.